The average molecular weight is 683 g/mol. The lowest BCUT2D eigenvalue weighted by Gasteiger charge is -2.24. The smallest absolute Gasteiger partial charge is 0.243 e. The number of benzene rings is 2. The number of hydrogen-bond donors (Lipinski definition) is 5. The second kappa shape index (κ2) is 18.2. The van der Waals surface area contributed by atoms with Crippen LogP contribution in [0.1, 0.15) is 56.9 Å². The van der Waals surface area contributed by atoms with Crippen LogP contribution in [0.2, 0.25) is 0 Å². The van der Waals surface area contributed by atoms with Gasteiger partial charge in [0.15, 0.2) is 0 Å². The molecule has 0 aliphatic rings. The summed E-state index contributed by atoms with van der Waals surface area (Å²) in [4.78, 5) is 69.3. The number of aromatic nitrogens is 1. The number of hydrogen-bond acceptors (Lipinski definition) is 7. The Balaban J connectivity index is 1.72. The number of carbonyl (C=O) groups excluding carboxylic acids is 5. The maximum absolute atomic E-state index is 13.6. The third kappa shape index (κ3) is 13.2. The zero-order valence-electron chi connectivity index (χ0n) is 27.2. The van der Waals surface area contributed by atoms with Crippen LogP contribution >= 0.6 is 22.9 Å². The van der Waals surface area contributed by atoms with Crippen molar-refractivity contribution in [2.24, 2.45) is 0 Å². The van der Waals surface area contributed by atoms with E-state index in [2.05, 4.69) is 31.6 Å². The molecule has 2 atom stereocenters. The maximum Gasteiger partial charge on any atom is 0.243 e. The summed E-state index contributed by atoms with van der Waals surface area (Å²) in [5, 5.41) is 13.7. The molecule has 5 amide bonds. The van der Waals surface area contributed by atoms with E-state index in [1.54, 1.807) is 16.8 Å². The highest BCUT2D eigenvalue weighted by Gasteiger charge is 2.28. The third-order valence-electron chi connectivity index (χ3n) is 6.97. The first-order valence-corrected chi connectivity index (χ1v) is 16.8. The van der Waals surface area contributed by atoms with Crippen LogP contribution in [-0.4, -0.2) is 64.6 Å². The normalized spacial score (nSPS) is 12.4. The van der Waals surface area contributed by atoms with Crippen molar-refractivity contribution in [2.45, 2.75) is 77.5 Å². The minimum atomic E-state index is -1.11. The number of nitrogens with one attached hydrogen (secondary N) is 5. The monoisotopic (exact) mass is 682 g/mol. The topological polar surface area (TPSA) is 158 Å². The summed E-state index contributed by atoms with van der Waals surface area (Å²) in [6.07, 6.45) is 0.0670. The molecular formula is C34H43ClN6O5S. The fourth-order valence-corrected chi connectivity index (χ4v) is 5.56. The van der Waals surface area contributed by atoms with Gasteiger partial charge in [0, 0.05) is 37.9 Å². The summed E-state index contributed by atoms with van der Waals surface area (Å²) in [6, 6.07) is 15.0. The van der Waals surface area contributed by atoms with Gasteiger partial charge >= 0.3 is 0 Å². The number of aryl methyl sites for hydroxylation is 1. The van der Waals surface area contributed by atoms with E-state index in [1.165, 1.54) is 0 Å². The van der Waals surface area contributed by atoms with Gasteiger partial charge in [0.05, 0.1) is 16.1 Å². The van der Waals surface area contributed by atoms with Gasteiger partial charge in [-0.05, 0) is 50.8 Å². The highest BCUT2D eigenvalue weighted by molar-refractivity contribution is 7.13. The number of halogens is 1. The lowest BCUT2D eigenvalue weighted by Crippen LogP contribution is -2.54. The first kappa shape index (κ1) is 37.2. The van der Waals surface area contributed by atoms with Crippen molar-refractivity contribution in [3.63, 3.8) is 0 Å². The second-order valence-corrected chi connectivity index (χ2v) is 13.2. The third-order valence-corrected chi connectivity index (χ3v) is 8.19. The van der Waals surface area contributed by atoms with Crippen molar-refractivity contribution in [3.8, 4) is 10.4 Å². The van der Waals surface area contributed by atoms with Crippen LogP contribution in [-0.2, 0) is 36.9 Å². The van der Waals surface area contributed by atoms with Crippen LogP contribution in [0.4, 0.5) is 0 Å². The Hall–Kier alpha value is -4.29. The molecule has 3 rings (SSSR count). The van der Waals surface area contributed by atoms with Crippen molar-refractivity contribution in [3.05, 3.63) is 76.9 Å². The van der Waals surface area contributed by atoms with Crippen LogP contribution in [0.5, 0.6) is 0 Å². The Morgan fingerprint density at radius 3 is 2.13 bits per heavy atom. The lowest BCUT2D eigenvalue weighted by molar-refractivity contribution is -0.133. The fourth-order valence-electron chi connectivity index (χ4n) is 4.65. The standard InChI is InChI=1S/C34H43ClN6O5S/c1-22-31(47-21-38-22)25-12-10-24(11-13-25)20-37-32(45)27(18-23-8-6-5-7-9-23)40-33(46)26(14-15-29(43)41-34(2,3)4)39-28(42)16-17-36-30(44)19-35/h5-13,21,26-27H,14-20H2,1-4H3,(H,36,44)(H,37,45)(H,39,42)(H,40,46)(H,41,43)/t26-,27-/m0/s1. The van der Waals surface area contributed by atoms with E-state index in [-0.39, 0.29) is 50.6 Å². The second-order valence-electron chi connectivity index (χ2n) is 12.1. The molecule has 0 saturated carbocycles. The molecule has 0 saturated heterocycles. The molecule has 0 fully saturated rings. The van der Waals surface area contributed by atoms with Gasteiger partial charge in [-0.25, -0.2) is 4.98 Å². The van der Waals surface area contributed by atoms with E-state index in [0.717, 1.165) is 27.3 Å². The van der Waals surface area contributed by atoms with Crippen molar-refractivity contribution >= 4 is 52.5 Å². The minimum Gasteiger partial charge on any atom is -0.355 e. The molecule has 0 unspecified atom stereocenters. The van der Waals surface area contributed by atoms with Gasteiger partial charge in [0.2, 0.25) is 29.5 Å². The molecule has 252 valence electrons. The molecule has 0 spiro atoms. The van der Waals surface area contributed by atoms with Crippen molar-refractivity contribution in [1.82, 2.24) is 31.6 Å². The van der Waals surface area contributed by atoms with Gasteiger partial charge in [-0.2, -0.15) is 0 Å². The molecule has 1 heterocycles. The van der Waals surface area contributed by atoms with Crippen LogP contribution < -0.4 is 26.6 Å². The Labute approximate surface area is 284 Å². The fraction of sp³-hybridized carbons (Fsp3) is 0.412. The lowest BCUT2D eigenvalue weighted by atomic mass is 10.0. The number of alkyl halides is 1. The molecule has 3 aromatic rings. The van der Waals surface area contributed by atoms with Gasteiger partial charge in [-0.15, -0.1) is 22.9 Å². The van der Waals surface area contributed by atoms with Gasteiger partial charge < -0.3 is 26.6 Å². The maximum atomic E-state index is 13.6. The zero-order chi connectivity index (χ0) is 34.4. The highest BCUT2D eigenvalue weighted by Crippen LogP contribution is 2.27. The first-order chi connectivity index (χ1) is 22.3. The predicted molar refractivity (Wildman–Crippen MR) is 184 cm³/mol. The zero-order valence-corrected chi connectivity index (χ0v) is 28.7. The number of rotatable bonds is 16. The molecule has 5 N–H and O–H groups in total. The molecule has 47 heavy (non-hydrogen) atoms. The molecule has 1 aromatic heterocycles. The predicted octanol–water partition coefficient (Wildman–Crippen LogP) is 3.39. The van der Waals surface area contributed by atoms with Crippen LogP contribution in [0.25, 0.3) is 10.4 Å². The van der Waals surface area contributed by atoms with E-state index < -0.39 is 41.3 Å². The van der Waals surface area contributed by atoms with Gasteiger partial charge in [0.25, 0.3) is 0 Å². The first-order valence-electron chi connectivity index (χ1n) is 15.4. The Morgan fingerprint density at radius 2 is 1.51 bits per heavy atom. The quantitative estimate of drug-likeness (QED) is 0.146. The van der Waals surface area contributed by atoms with Crippen molar-refractivity contribution in [2.75, 3.05) is 12.4 Å². The molecule has 0 aliphatic heterocycles. The highest BCUT2D eigenvalue weighted by atomic mass is 35.5. The van der Waals surface area contributed by atoms with Crippen molar-refractivity contribution in [1.29, 1.82) is 0 Å². The summed E-state index contributed by atoms with van der Waals surface area (Å²) in [6.45, 7) is 7.75. The Bertz CT molecular complexity index is 1510. The average Bonchev–Trinajstić information content (AvgIpc) is 3.46. The van der Waals surface area contributed by atoms with E-state index >= 15 is 0 Å². The van der Waals surface area contributed by atoms with E-state index in [4.69, 9.17) is 11.6 Å². The summed E-state index contributed by atoms with van der Waals surface area (Å²) in [7, 11) is 0. The largest absolute Gasteiger partial charge is 0.355 e. The molecule has 0 bridgehead atoms. The molecule has 0 radical (unpaired) electrons. The summed E-state index contributed by atoms with van der Waals surface area (Å²) < 4.78 is 0. The molecule has 13 heteroatoms. The number of amides is 5. The van der Waals surface area contributed by atoms with E-state index in [9.17, 15) is 24.0 Å². The minimum absolute atomic E-state index is 0.00121. The van der Waals surface area contributed by atoms with Gasteiger partial charge in [0.1, 0.15) is 18.0 Å². The Kier molecular flexibility index (Phi) is 14.4. The van der Waals surface area contributed by atoms with Crippen molar-refractivity contribution < 1.29 is 24.0 Å². The van der Waals surface area contributed by atoms with E-state index in [0.29, 0.717) is 0 Å². The van der Waals surface area contributed by atoms with E-state index in [1.807, 2.05) is 82.3 Å². The summed E-state index contributed by atoms with van der Waals surface area (Å²) in [5.74, 6) is -2.45. The Morgan fingerprint density at radius 1 is 0.809 bits per heavy atom. The SMILES string of the molecule is Cc1ncsc1-c1ccc(CNC(=O)[C@H](Cc2ccccc2)NC(=O)[C@H](CCC(=O)NC(C)(C)C)NC(=O)CCNC(=O)CCl)cc1. The number of thiazole rings is 1. The van der Waals surface area contributed by atoms with Crippen LogP contribution in [0.15, 0.2) is 60.1 Å². The van der Waals surface area contributed by atoms with Gasteiger partial charge in [-0.3, -0.25) is 24.0 Å². The molecule has 0 aliphatic carbocycles. The molecule has 2 aromatic carbocycles. The number of carbonyl (C=O) groups is 5. The van der Waals surface area contributed by atoms with Crippen LogP contribution in [0.3, 0.4) is 0 Å². The summed E-state index contributed by atoms with van der Waals surface area (Å²) in [5.41, 5.74) is 5.04. The number of nitrogens with zero attached hydrogens (tertiary/aromatic N) is 1. The molecule has 11 nitrogen and oxygen atoms in total. The summed E-state index contributed by atoms with van der Waals surface area (Å²) >= 11 is 7.06. The van der Waals surface area contributed by atoms with Crippen LogP contribution in [0, 0.1) is 6.92 Å². The van der Waals surface area contributed by atoms with Gasteiger partial charge in [-0.1, -0.05) is 54.6 Å². The molecular weight excluding hydrogens is 640 g/mol.